The van der Waals surface area contributed by atoms with Gasteiger partial charge < -0.3 is 10.4 Å². The van der Waals surface area contributed by atoms with Gasteiger partial charge >= 0.3 is 75.5 Å². The van der Waals surface area contributed by atoms with E-state index in [-0.39, 0.29) is 124 Å². The first-order valence-corrected chi connectivity index (χ1v) is 0. The molecular weight excluding hydrogens is 344 g/mol. The second kappa shape index (κ2) is 25.8. The Balaban J connectivity index is 0. The molecule has 0 aliphatic rings. The zero-order valence-electron chi connectivity index (χ0n) is 5.49. The zero-order chi connectivity index (χ0) is 0. The fraction of sp³-hybridized carbons (Fsp3) is 1.00. The molecule has 0 bridgehead atoms. The second-order valence-electron chi connectivity index (χ2n) is 0. The van der Waals surface area contributed by atoms with E-state index in [1.54, 1.807) is 0 Å². The van der Waals surface area contributed by atoms with Gasteiger partial charge in [0.1, 0.15) is 0 Å². The van der Waals surface area contributed by atoms with Crippen LogP contribution in [0.3, 0.4) is 0 Å². The summed E-state index contributed by atoms with van der Waals surface area (Å²) in [7, 11) is 0. The van der Waals surface area contributed by atoms with Crippen molar-refractivity contribution in [1.29, 1.82) is 0 Å². The van der Waals surface area contributed by atoms with Crippen LogP contribution in [0.2, 0.25) is 0 Å². The van der Waals surface area contributed by atoms with Gasteiger partial charge in [-0.15, -0.1) is 0 Å². The molecule has 0 spiro atoms. The maximum Gasteiger partial charge on any atom is 2.00 e. The molecule has 0 aromatic heterocycles. The van der Waals surface area contributed by atoms with Gasteiger partial charge in [0.25, 0.3) is 0 Å². The smallest absolute Gasteiger partial charge is 1.00 e. The van der Waals surface area contributed by atoms with Crippen LogP contribution in [0.1, 0.15) is 11.7 Å². The van der Waals surface area contributed by atoms with Crippen LogP contribution in [0.15, 0.2) is 0 Å². The summed E-state index contributed by atoms with van der Waals surface area (Å²) in [6.07, 6.45) is 0. The van der Waals surface area contributed by atoms with Gasteiger partial charge in [0, 0.05) is 31.1 Å². The normalized spacial score (nSPS) is 0. The van der Waals surface area contributed by atoms with Crippen molar-refractivity contribution < 1.29 is 35.4 Å². The molecule has 26 valence electrons. The summed E-state index contributed by atoms with van der Waals surface area (Å²) in [5, 5.41) is 0. The van der Waals surface area contributed by atoms with Crippen LogP contribution in [0.25, 0.3) is 6.15 Å². The van der Waals surface area contributed by atoms with Crippen molar-refractivity contribution in [3.63, 3.8) is 0 Å². The minimum atomic E-state index is 0. The summed E-state index contributed by atoms with van der Waals surface area (Å²) in [5.41, 5.74) is 0. The average molecular weight is 353 g/mol. The van der Waals surface area contributed by atoms with Crippen LogP contribution in [-0.4, -0.2) is 75.5 Å². The Morgan fingerprint density at radius 2 is 1.00 bits per heavy atom. The molecule has 0 atom stereocenters. The van der Waals surface area contributed by atoms with Gasteiger partial charge in [-0.2, -0.15) is 0 Å². The molecule has 0 rings (SSSR count). The monoisotopic (exact) mass is 353 g/mol. The molecule has 0 heterocycles. The van der Waals surface area contributed by atoms with Crippen LogP contribution in [0, 0.1) is 31.1 Å². The van der Waals surface area contributed by atoms with Crippen LogP contribution in [-0.2, 0) is 0 Å². The quantitative estimate of drug-likeness (QED) is 0.581. The summed E-state index contributed by atoms with van der Waals surface area (Å²) in [4.78, 5) is 0. The van der Waals surface area contributed by atoms with Crippen LogP contribution >= 0.6 is 0 Å². The summed E-state index contributed by atoms with van der Waals surface area (Å²) < 4.78 is 0. The first-order valence-electron chi connectivity index (χ1n) is 0. The van der Waals surface area contributed by atoms with Gasteiger partial charge in [0.15, 0.2) is 0 Å². The van der Waals surface area contributed by atoms with E-state index in [1.165, 1.54) is 0 Å². The van der Waals surface area contributed by atoms with Crippen LogP contribution < -0.4 is 0 Å². The van der Waals surface area contributed by atoms with Crippen molar-refractivity contribution in [3.05, 3.63) is 6.15 Å². The number of hydrogen-bond acceptors (Lipinski definition) is 0. The molecule has 1 nitrogen and oxygen atoms in total. The van der Waals surface area contributed by atoms with Gasteiger partial charge in [0.05, 0.1) is 0 Å². The molecule has 0 unspecified atom stereocenters. The Hall–Kier alpha value is 3.53. The van der Waals surface area contributed by atoms with Crippen LogP contribution in [0.5, 0.6) is 0 Å². The van der Waals surface area contributed by atoms with E-state index in [9.17, 15) is 0 Å². The standard InChI is InChI=1S/CH4.2Ca.H2N.U.3H/h1H4;;;1H2;;;;/q;2*+2;-1;;3*-1. The maximum atomic E-state index is 0. The van der Waals surface area contributed by atoms with E-state index in [1.807, 2.05) is 0 Å². The average Bonchev–Trinajstić information content (AvgIpc) is 0. The first-order chi connectivity index (χ1) is 0. The van der Waals surface area contributed by atoms with E-state index in [0.717, 1.165) is 0 Å². The van der Waals surface area contributed by atoms with Crippen molar-refractivity contribution in [2.75, 3.05) is 0 Å². The molecule has 0 saturated heterocycles. The van der Waals surface area contributed by atoms with E-state index < -0.39 is 0 Å². The number of hydrogen-bond donors (Lipinski definition) is 0. The van der Waals surface area contributed by atoms with E-state index in [0.29, 0.717) is 0 Å². The third kappa shape index (κ3) is 18.5. The molecule has 0 radical (unpaired) electrons. The molecule has 0 aliphatic heterocycles. The van der Waals surface area contributed by atoms with Crippen molar-refractivity contribution in [2.45, 2.75) is 7.43 Å². The topological polar surface area (TPSA) is 33.5 Å². The van der Waals surface area contributed by atoms with E-state index in [4.69, 9.17) is 0 Å². The maximum absolute atomic E-state index is 0. The summed E-state index contributed by atoms with van der Waals surface area (Å²) in [6, 6.07) is 0. The molecule has 2 N–H and O–H groups in total. The molecule has 0 aromatic carbocycles. The molecule has 0 fully saturated rings. The Morgan fingerprint density at radius 1 is 1.00 bits per heavy atom. The third-order valence-corrected chi connectivity index (χ3v) is 0. The van der Waals surface area contributed by atoms with Crippen LogP contribution in [0.4, 0.5) is 0 Å². The summed E-state index contributed by atoms with van der Waals surface area (Å²) >= 11 is 0. The van der Waals surface area contributed by atoms with Crippen molar-refractivity contribution in [1.82, 2.24) is 0 Å². The van der Waals surface area contributed by atoms with Gasteiger partial charge in [-0.05, 0) is 0 Å². The number of rotatable bonds is 0. The fourth-order valence-electron chi connectivity index (χ4n) is 0. The Bertz CT molecular complexity index is 17.2. The minimum Gasteiger partial charge on any atom is -1.00 e. The minimum absolute atomic E-state index is 0. The number of nitrogens with two attached hydrogens (primary N) is 1. The molecule has 0 amide bonds. The predicted molar refractivity (Wildman–Crippen MR) is 26.9 cm³/mol. The Morgan fingerprint density at radius 3 is 1.00 bits per heavy atom. The largest absolute Gasteiger partial charge is 2.00 e. The van der Waals surface area contributed by atoms with Gasteiger partial charge in [-0.25, -0.2) is 0 Å². The molecule has 0 aliphatic carbocycles. The first kappa shape index (κ1) is 38.8. The molecule has 5 heavy (non-hydrogen) atoms. The SMILES string of the molecule is C.[Ca+2].[Ca+2].[H-].[H-].[H-].[NH2-].[U]. The Kier molecular flexibility index (Phi) is 200. The third-order valence-electron chi connectivity index (χ3n) is 0. The fourth-order valence-corrected chi connectivity index (χ4v) is 0. The summed E-state index contributed by atoms with van der Waals surface area (Å²) in [6.45, 7) is 0. The molecule has 4 heteroatoms. The van der Waals surface area contributed by atoms with Crippen molar-refractivity contribution >= 4 is 75.5 Å². The summed E-state index contributed by atoms with van der Waals surface area (Å²) in [5.74, 6) is 0. The van der Waals surface area contributed by atoms with Gasteiger partial charge in [0.2, 0.25) is 0 Å². The van der Waals surface area contributed by atoms with Gasteiger partial charge in [-0.1, -0.05) is 7.43 Å². The molecular formula is CH9Ca2NU. The Labute approximate surface area is 121 Å². The van der Waals surface area contributed by atoms with Crippen molar-refractivity contribution in [3.8, 4) is 0 Å². The van der Waals surface area contributed by atoms with E-state index in [2.05, 4.69) is 0 Å². The van der Waals surface area contributed by atoms with E-state index >= 15 is 0 Å². The molecule has 0 saturated carbocycles. The zero-order valence-corrected chi connectivity index (χ0v) is 11.1. The predicted octanol–water partition coefficient (Wildman–Crippen LogP) is 0.929. The van der Waals surface area contributed by atoms with Crippen molar-refractivity contribution in [2.24, 2.45) is 0 Å². The second-order valence-corrected chi connectivity index (χ2v) is 0. The van der Waals surface area contributed by atoms with Gasteiger partial charge in [-0.3, -0.25) is 0 Å². The molecule has 0 aromatic rings.